The third kappa shape index (κ3) is 2.68. The molecule has 1 aliphatic rings. The van der Waals surface area contributed by atoms with Gasteiger partial charge in [-0.3, -0.25) is 0 Å². The summed E-state index contributed by atoms with van der Waals surface area (Å²) in [6.45, 7) is 0. The van der Waals surface area contributed by atoms with Crippen LogP contribution in [-0.2, 0) is 0 Å². The number of rotatable bonds is 4. The minimum absolute atomic E-state index is 0.187. The van der Waals surface area contributed by atoms with Crippen LogP contribution in [-0.4, -0.2) is 17.0 Å². The van der Waals surface area contributed by atoms with Gasteiger partial charge in [0.2, 0.25) is 5.88 Å². The Hall–Kier alpha value is -2.24. The summed E-state index contributed by atoms with van der Waals surface area (Å²) >= 11 is 0. The predicted octanol–water partition coefficient (Wildman–Crippen LogP) is 3.47. The molecule has 0 amide bonds. The van der Waals surface area contributed by atoms with Gasteiger partial charge in [-0.25, -0.2) is 13.8 Å². The summed E-state index contributed by atoms with van der Waals surface area (Å²) in [7, 11) is 1.73. The second-order valence-corrected chi connectivity index (χ2v) is 4.65. The van der Waals surface area contributed by atoms with Gasteiger partial charge in [-0.2, -0.15) is 4.98 Å². The minimum Gasteiger partial charge on any atom is -0.436 e. The van der Waals surface area contributed by atoms with Crippen molar-refractivity contribution in [2.45, 2.75) is 18.8 Å². The van der Waals surface area contributed by atoms with E-state index in [9.17, 15) is 8.78 Å². The predicted molar refractivity (Wildman–Crippen MR) is 70.0 cm³/mol. The number of nitrogens with zero attached hydrogens (tertiary/aromatic N) is 2. The SMILES string of the molecule is CNc1cc(Oc2cc(F)ccc2F)nc(C2CC2)n1. The second kappa shape index (κ2) is 5.03. The molecule has 2 aromatic rings. The van der Waals surface area contributed by atoms with Gasteiger partial charge in [0.05, 0.1) is 0 Å². The Bertz CT molecular complexity index is 644. The van der Waals surface area contributed by atoms with Gasteiger partial charge in [-0.1, -0.05) is 0 Å². The van der Waals surface area contributed by atoms with E-state index in [0.717, 1.165) is 31.0 Å². The summed E-state index contributed by atoms with van der Waals surface area (Å²) in [4.78, 5) is 8.57. The fourth-order valence-corrected chi connectivity index (χ4v) is 1.82. The molecule has 20 heavy (non-hydrogen) atoms. The van der Waals surface area contributed by atoms with Crippen molar-refractivity contribution in [2.24, 2.45) is 0 Å². The van der Waals surface area contributed by atoms with E-state index in [4.69, 9.17) is 4.74 Å². The number of benzene rings is 1. The van der Waals surface area contributed by atoms with E-state index in [0.29, 0.717) is 17.6 Å². The average Bonchev–Trinajstić information content (AvgIpc) is 3.27. The lowest BCUT2D eigenvalue weighted by Crippen LogP contribution is -2.01. The number of aromatic nitrogens is 2. The molecule has 1 fully saturated rings. The maximum atomic E-state index is 13.6. The zero-order valence-electron chi connectivity index (χ0n) is 10.9. The van der Waals surface area contributed by atoms with Gasteiger partial charge in [0, 0.05) is 25.1 Å². The average molecular weight is 277 g/mol. The lowest BCUT2D eigenvalue weighted by molar-refractivity contribution is 0.420. The molecule has 1 aromatic heterocycles. The van der Waals surface area contributed by atoms with Crippen molar-refractivity contribution in [1.82, 2.24) is 9.97 Å². The molecule has 0 spiro atoms. The maximum absolute atomic E-state index is 13.6. The van der Waals surface area contributed by atoms with E-state index in [2.05, 4.69) is 15.3 Å². The zero-order valence-corrected chi connectivity index (χ0v) is 10.9. The highest BCUT2D eigenvalue weighted by molar-refractivity contribution is 5.40. The molecule has 6 heteroatoms. The highest BCUT2D eigenvalue weighted by Crippen LogP contribution is 2.39. The van der Waals surface area contributed by atoms with Crippen molar-refractivity contribution < 1.29 is 13.5 Å². The second-order valence-electron chi connectivity index (χ2n) is 4.65. The quantitative estimate of drug-likeness (QED) is 0.929. The number of ether oxygens (including phenoxy) is 1. The highest BCUT2D eigenvalue weighted by atomic mass is 19.1. The third-order valence-corrected chi connectivity index (χ3v) is 3.03. The van der Waals surface area contributed by atoms with E-state index < -0.39 is 11.6 Å². The highest BCUT2D eigenvalue weighted by Gasteiger charge is 2.27. The minimum atomic E-state index is -0.635. The van der Waals surface area contributed by atoms with Gasteiger partial charge in [0.1, 0.15) is 17.5 Å². The van der Waals surface area contributed by atoms with Gasteiger partial charge in [-0.05, 0) is 25.0 Å². The van der Waals surface area contributed by atoms with Crippen molar-refractivity contribution in [3.8, 4) is 11.6 Å². The molecule has 1 N–H and O–H groups in total. The van der Waals surface area contributed by atoms with E-state index in [1.54, 1.807) is 13.1 Å². The first-order valence-electron chi connectivity index (χ1n) is 6.35. The Kier molecular flexibility index (Phi) is 3.22. The number of hydrogen-bond acceptors (Lipinski definition) is 4. The van der Waals surface area contributed by atoms with Crippen molar-refractivity contribution in [1.29, 1.82) is 0 Å². The molecule has 1 aromatic carbocycles. The summed E-state index contributed by atoms with van der Waals surface area (Å²) in [6.07, 6.45) is 2.09. The van der Waals surface area contributed by atoms with Gasteiger partial charge in [-0.15, -0.1) is 0 Å². The molecule has 0 aliphatic heterocycles. The molecule has 0 unspecified atom stereocenters. The summed E-state index contributed by atoms with van der Waals surface area (Å²) in [5.41, 5.74) is 0. The Morgan fingerprint density at radius 3 is 2.70 bits per heavy atom. The number of anilines is 1. The zero-order chi connectivity index (χ0) is 14.1. The lowest BCUT2D eigenvalue weighted by atomic mass is 10.3. The first-order chi connectivity index (χ1) is 9.65. The summed E-state index contributed by atoms with van der Waals surface area (Å²) < 4.78 is 32.0. The Morgan fingerprint density at radius 2 is 2.00 bits per heavy atom. The number of nitrogens with one attached hydrogen (secondary N) is 1. The van der Waals surface area contributed by atoms with Crippen molar-refractivity contribution in [2.75, 3.05) is 12.4 Å². The van der Waals surface area contributed by atoms with E-state index in [-0.39, 0.29) is 11.6 Å². The molecule has 0 atom stereocenters. The van der Waals surface area contributed by atoms with Crippen molar-refractivity contribution in [3.05, 3.63) is 41.7 Å². The topological polar surface area (TPSA) is 47.0 Å². The molecule has 4 nitrogen and oxygen atoms in total. The van der Waals surface area contributed by atoms with Crippen LogP contribution in [0.5, 0.6) is 11.6 Å². The number of halogens is 2. The molecule has 1 saturated carbocycles. The van der Waals surface area contributed by atoms with Crippen LogP contribution >= 0.6 is 0 Å². The Labute approximate surface area is 114 Å². The molecular weight excluding hydrogens is 264 g/mol. The van der Waals surface area contributed by atoms with E-state index >= 15 is 0 Å². The van der Waals surface area contributed by atoms with Crippen LogP contribution < -0.4 is 10.1 Å². The van der Waals surface area contributed by atoms with Crippen LogP contribution in [0.1, 0.15) is 24.6 Å². The normalized spacial score (nSPS) is 14.2. The lowest BCUT2D eigenvalue weighted by Gasteiger charge is -2.09. The first kappa shape index (κ1) is 12.8. The van der Waals surface area contributed by atoms with Crippen molar-refractivity contribution >= 4 is 5.82 Å². The summed E-state index contributed by atoms with van der Waals surface area (Å²) in [5.74, 6) is 0.416. The number of hydrogen-bond donors (Lipinski definition) is 1. The molecule has 1 aliphatic carbocycles. The molecule has 0 saturated heterocycles. The molecule has 104 valence electrons. The van der Waals surface area contributed by atoms with Crippen LogP contribution in [0.15, 0.2) is 24.3 Å². The van der Waals surface area contributed by atoms with Gasteiger partial charge in [0.25, 0.3) is 0 Å². The van der Waals surface area contributed by atoms with Crippen LogP contribution in [0.3, 0.4) is 0 Å². The molecule has 1 heterocycles. The molecule has 0 radical (unpaired) electrons. The fourth-order valence-electron chi connectivity index (χ4n) is 1.82. The maximum Gasteiger partial charge on any atom is 0.224 e. The van der Waals surface area contributed by atoms with Gasteiger partial charge in [0.15, 0.2) is 11.6 Å². The van der Waals surface area contributed by atoms with Crippen LogP contribution in [0, 0.1) is 11.6 Å². The Morgan fingerprint density at radius 1 is 1.20 bits per heavy atom. The van der Waals surface area contributed by atoms with Gasteiger partial charge >= 0.3 is 0 Å². The summed E-state index contributed by atoms with van der Waals surface area (Å²) in [6, 6.07) is 4.60. The standard InChI is InChI=1S/C14H13F2N3O/c1-17-12-7-13(19-14(18-12)8-2-3-8)20-11-6-9(15)4-5-10(11)16/h4-8H,2-3H2,1H3,(H,17,18,19). The van der Waals surface area contributed by atoms with Crippen LogP contribution in [0.25, 0.3) is 0 Å². The van der Waals surface area contributed by atoms with E-state index in [1.807, 2.05) is 0 Å². The van der Waals surface area contributed by atoms with Crippen LogP contribution in [0.4, 0.5) is 14.6 Å². The molecule has 3 rings (SSSR count). The largest absolute Gasteiger partial charge is 0.436 e. The van der Waals surface area contributed by atoms with E-state index in [1.165, 1.54) is 0 Å². The molecular formula is C14H13F2N3O. The van der Waals surface area contributed by atoms with Crippen LogP contribution in [0.2, 0.25) is 0 Å². The Balaban J connectivity index is 1.93. The first-order valence-corrected chi connectivity index (χ1v) is 6.35. The summed E-state index contributed by atoms with van der Waals surface area (Å²) in [5, 5.41) is 2.90. The smallest absolute Gasteiger partial charge is 0.224 e. The van der Waals surface area contributed by atoms with Crippen molar-refractivity contribution in [3.63, 3.8) is 0 Å². The van der Waals surface area contributed by atoms with Gasteiger partial charge < -0.3 is 10.1 Å². The fraction of sp³-hybridized carbons (Fsp3) is 0.286. The monoisotopic (exact) mass is 277 g/mol. The third-order valence-electron chi connectivity index (χ3n) is 3.03. The molecule has 0 bridgehead atoms.